The van der Waals surface area contributed by atoms with Crippen LogP contribution in [0.25, 0.3) is 0 Å². The average molecular weight is 320 g/mol. The van der Waals surface area contributed by atoms with Gasteiger partial charge in [-0.05, 0) is 17.7 Å². The van der Waals surface area contributed by atoms with E-state index < -0.39 is 4.92 Å². The summed E-state index contributed by atoms with van der Waals surface area (Å²) in [6, 6.07) is 9.81. The molecule has 0 heterocycles. The van der Waals surface area contributed by atoms with Crippen molar-refractivity contribution in [3.05, 3.63) is 57.1 Å². The summed E-state index contributed by atoms with van der Waals surface area (Å²) in [5, 5.41) is 20.5. The molecule has 0 radical (unpaired) electrons. The van der Waals surface area contributed by atoms with Gasteiger partial charge in [-0.2, -0.15) is 0 Å². The SMILES string of the molecule is CN(C)c1ccc(C=Nc2cc([N+](=O)[O-])cc(Cl)c2O)cc1. The number of hydrogen-bond donors (Lipinski definition) is 1. The first-order valence-corrected chi connectivity index (χ1v) is 6.74. The number of aromatic hydroxyl groups is 1. The largest absolute Gasteiger partial charge is 0.504 e. The Balaban J connectivity index is 2.31. The summed E-state index contributed by atoms with van der Waals surface area (Å²) >= 11 is 5.77. The molecule has 114 valence electrons. The van der Waals surface area contributed by atoms with E-state index in [-0.39, 0.29) is 22.1 Å². The molecule has 0 fully saturated rings. The van der Waals surface area contributed by atoms with Crippen LogP contribution in [0, 0.1) is 10.1 Å². The maximum absolute atomic E-state index is 10.8. The Morgan fingerprint density at radius 3 is 2.45 bits per heavy atom. The predicted molar refractivity (Wildman–Crippen MR) is 87.8 cm³/mol. The van der Waals surface area contributed by atoms with Gasteiger partial charge in [-0.25, -0.2) is 0 Å². The molecule has 0 amide bonds. The minimum Gasteiger partial charge on any atom is -0.504 e. The molecule has 0 unspecified atom stereocenters. The molecule has 0 spiro atoms. The monoisotopic (exact) mass is 319 g/mol. The van der Waals surface area contributed by atoms with Gasteiger partial charge in [-0.1, -0.05) is 23.7 Å². The van der Waals surface area contributed by atoms with Gasteiger partial charge in [0, 0.05) is 38.1 Å². The van der Waals surface area contributed by atoms with Gasteiger partial charge in [-0.3, -0.25) is 15.1 Å². The normalized spacial score (nSPS) is 10.9. The number of nitrogens with zero attached hydrogens (tertiary/aromatic N) is 3. The van der Waals surface area contributed by atoms with E-state index in [1.165, 1.54) is 12.3 Å². The number of aliphatic imine (C=N–C) groups is 1. The lowest BCUT2D eigenvalue weighted by molar-refractivity contribution is -0.384. The van der Waals surface area contributed by atoms with Crippen molar-refractivity contribution in [2.45, 2.75) is 0 Å². The summed E-state index contributed by atoms with van der Waals surface area (Å²) in [6.07, 6.45) is 1.51. The second kappa shape index (κ2) is 6.44. The molecule has 2 rings (SSSR count). The molecule has 0 saturated heterocycles. The highest BCUT2D eigenvalue weighted by Crippen LogP contribution is 2.37. The van der Waals surface area contributed by atoms with E-state index in [2.05, 4.69) is 4.99 Å². The molecule has 0 atom stereocenters. The number of benzene rings is 2. The first-order chi connectivity index (χ1) is 10.4. The van der Waals surface area contributed by atoms with Crippen molar-refractivity contribution in [3.8, 4) is 5.75 Å². The van der Waals surface area contributed by atoms with Crippen molar-refractivity contribution in [3.63, 3.8) is 0 Å². The van der Waals surface area contributed by atoms with Crippen molar-refractivity contribution in [1.29, 1.82) is 0 Å². The molecular formula is C15H14ClN3O3. The van der Waals surface area contributed by atoms with Crippen molar-refractivity contribution in [1.82, 2.24) is 0 Å². The zero-order valence-corrected chi connectivity index (χ0v) is 12.8. The number of hydrogen-bond acceptors (Lipinski definition) is 5. The van der Waals surface area contributed by atoms with Crippen LogP contribution in [0.1, 0.15) is 5.56 Å². The third kappa shape index (κ3) is 3.53. The van der Waals surface area contributed by atoms with Crippen molar-refractivity contribution < 1.29 is 10.0 Å². The Bertz CT molecular complexity index is 728. The molecular weight excluding hydrogens is 306 g/mol. The van der Waals surface area contributed by atoms with E-state index in [0.29, 0.717) is 0 Å². The summed E-state index contributed by atoms with van der Waals surface area (Å²) in [5.41, 5.74) is 1.67. The third-order valence-corrected chi connectivity index (χ3v) is 3.29. The molecule has 0 aromatic heterocycles. The van der Waals surface area contributed by atoms with Crippen LogP contribution in [-0.4, -0.2) is 30.3 Å². The highest BCUT2D eigenvalue weighted by atomic mass is 35.5. The fourth-order valence-corrected chi connectivity index (χ4v) is 1.99. The van der Waals surface area contributed by atoms with Crippen LogP contribution in [0.3, 0.4) is 0 Å². The number of halogens is 1. The van der Waals surface area contributed by atoms with Crippen LogP contribution in [0.5, 0.6) is 5.75 Å². The highest BCUT2D eigenvalue weighted by Gasteiger charge is 2.14. The first-order valence-electron chi connectivity index (χ1n) is 6.37. The van der Waals surface area contributed by atoms with Crippen LogP contribution in [-0.2, 0) is 0 Å². The number of anilines is 1. The summed E-state index contributed by atoms with van der Waals surface area (Å²) in [4.78, 5) is 16.3. The van der Waals surface area contributed by atoms with Crippen molar-refractivity contribution in [2.75, 3.05) is 19.0 Å². The van der Waals surface area contributed by atoms with Crippen molar-refractivity contribution >= 4 is 34.9 Å². The molecule has 2 aromatic rings. The second-order valence-corrected chi connectivity index (χ2v) is 5.20. The smallest absolute Gasteiger partial charge is 0.273 e. The highest BCUT2D eigenvalue weighted by molar-refractivity contribution is 6.32. The minimum atomic E-state index is -0.587. The summed E-state index contributed by atoms with van der Waals surface area (Å²) in [6.45, 7) is 0. The van der Waals surface area contributed by atoms with E-state index in [9.17, 15) is 15.2 Å². The number of rotatable bonds is 4. The molecule has 0 aliphatic carbocycles. The molecule has 0 bridgehead atoms. The van der Waals surface area contributed by atoms with Gasteiger partial charge in [-0.15, -0.1) is 0 Å². The molecule has 0 saturated carbocycles. The van der Waals surface area contributed by atoms with E-state index in [1.54, 1.807) is 0 Å². The second-order valence-electron chi connectivity index (χ2n) is 4.80. The molecule has 1 N–H and O–H groups in total. The maximum atomic E-state index is 10.8. The lowest BCUT2D eigenvalue weighted by Crippen LogP contribution is -2.08. The van der Waals surface area contributed by atoms with Crippen LogP contribution >= 0.6 is 11.6 Å². The minimum absolute atomic E-state index is 0.0517. The Morgan fingerprint density at radius 2 is 1.91 bits per heavy atom. The topological polar surface area (TPSA) is 79.0 Å². The number of phenolic OH excluding ortho intramolecular Hbond substituents is 1. The number of nitro groups is 1. The van der Waals surface area contributed by atoms with Crippen LogP contribution in [0.2, 0.25) is 5.02 Å². The van der Waals surface area contributed by atoms with E-state index in [4.69, 9.17) is 11.6 Å². The molecule has 0 aliphatic rings. The third-order valence-electron chi connectivity index (χ3n) is 3.00. The van der Waals surface area contributed by atoms with Gasteiger partial charge in [0.25, 0.3) is 5.69 Å². The standard InChI is InChI=1S/C15H14ClN3O3/c1-18(2)11-5-3-10(4-6-11)9-17-14-8-12(19(21)22)7-13(16)15(14)20/h3-9,20H,1-2H3. The zero-order valence-electron chi connectivity index (χ0n) is 12.0. The Hall–Kier alpha value is -2.60. The summed E-state index contributed by atoms with van der Waals surface area (Å²) in [5.74, 6) is -0.284. The van der Waals surface area contributed by atoms with Gasteiger partial charge < -0.3 is 10.0 Å². The number of nitro benzene ring substituents is 1. The molecule has 7 heteroatoms. The summed E-state index contributed by atoms with van der Waals surface area (Å²) < 4.78 is 0. The Morgan fingerprint density at radius 1 is 1.27 bits per heavy atom. The van der Waals surface area contributed by atoms with Gasteiger partial charge in [0.1, 0.15) is 5.69 Å². The predicted octanol–water partition coefficient (Wildman–Crippen LogP) is 3.77. The van der Waals surface area contributed by atoms with E-state index >= 15 is 0 Å². The molecule has 22 heavy (non-hydrogen) atoms. The quantitative estimate of drug-likeness (QED) is 0.528. The Labute approximate surface area is 132 Å². The Kier molecular flexibility index (Phi) is 4.62. The lowest BCUT2D eigenvalue weighted by atomic mass is 10.2. The summed E-state index contributed by atoms with van der Waals surface area (Å²) in [7, 11) is 3.87. The van der Waals surface area contributed by atoms with Gasteiger partial charge in [0.05, 0.1) is 9.95 Å². The molecule has 2 aromatic carbocycles. The first kappa shape index (κ1) is 15.8. The zero-order chi connectivity index (χ0) is 16.3. The van der Waals surface area contributed by atoms with Gasteiger partial charge in [0.15, 0.2) is 5.75 Å². The number of non-ortho nitro benzene ring substituents is 1. The maximum Gasteiger partial charge on any atom is 0.273 e. The molecule has 6 nitrogen and oxygen atoms in total. The van der Waals surface area contributed by atoms with Gasteiger partial charge >= 0.3 is 0 Å². The fraction of sp³-hybridized carbons (Fsp3) is 0.133. The average Bonchev–Trinajstić information content (AvgIpc) is 2.48. The molecule has 0 aliphatic heterocycles. The van der Waals surface area contributed by atoms with Gasteiger partial charge in [0.2, 0.25) is 0 Å². The van der Waals surface area contributed by atoms with Crippen molar-refractivity contribution in [2.24, 2.45) is 4.99 Å². The van der Waals surface area contributed by atoms with E-state index in [1.807, 2.05) is 43.3 Å². The van der Waals surface area contributed by atoms with Crippen LogP contribution in [0.15, 0.2) is 41.4 Å². The fourth-order valence-electron chi connectivity index (χ4n) is 1.78. The van der Waals surface area contributed by atoms with E-state index in [0.717, 1.165) is 17.3 Å². The number of phenols is 1. The lowest BCUT2D eigenvalue weighted by Gasteiger charge is -2.11. The van der Waals surface area contributed by atoms with Crippen LogP contribution in [0.4, 0.5) is 17.1 Å². The van der Waals surface area contributed by atoms with Crippen LogP contribution < -0.4 is 4.90 Å².